The van der Waals surface area contributed by atoms with E-state index < -0.39 is 23.8 Å². The molecule has 1 N–H and O–H groups in total. The molecule has 0 radical (unpaired) electrons. The summed E-state index contributed by atoms with van der Waals surface area (Å²) in [6.45, 7) is 1.67. The Hall–Kier alpha value is -2.58. The Morgan fingerprint density at radius 1 is 1.33 bits per heavy atom. The maximum absolute atomic E-state index is 12.0. The van der Waals surface area contributed by atoms with Crippen LogP contribution in [0.5, 0.6) is 5.75 Å². The zero-order valence-electron chi connectivity index (χ0n) is 10.8. The molecule has 0 atom stereocenters. The van der Waals surface area contributed by atoms with Crippen molar-refractivity contribution in [2.24, 2.45) is 10.2 Å². The van der Waals surface area contributed by atoms with Gasteiger partial charge >= 0.3 is 12.3 Å². The number of benzene rings is 1. The number of nitrogens with zero attached hydrogens (tertiary/aromatic N) is 2. The Morgan fingerprint density at radius 3 is 2.43 bits per heavy atom. The normalized spacial score (nSPS) is 12.5. The molecule has 0 aliphatic heterocycles. The molecule has 0 amide bonds. The van der Waals surface area contributed by atoms with Crippen molar-refractivity contribution in [2.75, 3.05) is 6.61 Å². The maximum Gasteiger partial charge on any atom is 0.573 e. The number of azo groups is 1. The molecule has 0 heterocycles. The van der Waals surface area contributed by atoms with Crippen LogP contribution in [0.2, 0.25) is 0 Å². The van der Waals surface area contributed by atoms with Crippen LogP contribution in [-0.4, -0.2) is 24.0 Å². The first-order valence-corrected chi connectivity index (χ1v) is 5.64. The molecule has 21 heavy (non-hydrogen) atoms. The Labute approximate surface area is 117 Å². The van der Waals surface area contributed by atoms with Gasteiger partial charge in [0, 0.05) is 0 Å². The van der Waals surface area contributed by atoms with Gasteiger partial charge in [-0.2, -0.15) is 5.11 Å². The van der Waals surface area contributed by atoms with Crippen molar-refractivity contribution >= 4 is 11.7 Å². The molecule has 0 saturated carbocycles. The molecule has 6 nitrogen and oxygen atoms in total. The fourth-order valence-electron chi connectivity index (χ4n) is 1.15. The summed E-state index contributed by atoms with van der Waals surface area (Å²) >= 11 is 0. The fraction of sp³-hybridized carbons (Fsp3) is 0.250. The summed E-state index contributed by atoms with van der Waals surface area (Å²) in [7, 11) is 0. The first-order chi connectivity index (χ1) is 9.85. The second kappa shape index (κ2) is 7.27. The van der Waals surface area contributed by atoms with Crippen LogP contribution in [0.1, 0.15) is 6.92 Å². The second-order valence-corrected chi connectivity index (χ2v) is 3.48. The highest BCUT2D eigenvalue weighted by molar-refractivity contribution is 5.87. The lowest BCUT2D eigenvalue weighted by atomic mass is 10.3. The van der Waals surface area contributed by atoms with Gasteiger partial charge in [-0.3, -0.25) is 0 Å². The van der Waals surface area contributed by atoms with Crippen LogP contribution in [0, 0.1) is 0 Å². The van der Waals surface area contributed by atoms with E-state index in [-0.39, 0.29) is 12.3 Å². The average molecular weight is 304 g/mol. The molecule has 0 saturated heterocycles. The van der Waals surface area contributed by atoms with Crippen molar-refractivity contribution in [3.05, 3.63) is 36.2 Å². The van der Waals surface area contributed by atoms with Crippen LogP contribution >= 0.6 is 0 Å². The zero-order valence-corrected chi connectivity index (χ0v) is 10.8. The zero-order chi connectivity index (χ0) is 15.9. The molecule has 9 heteroatoms. The molecule has 1 aromatic rings. The minimum absolute atomic E-state index is 0.0924. The van der Waals surface area contributed by atoms with E-state index in [2.05, 4.69) is 19.7 Å². The number of ether oxygens (including phenoxy) is 2. The predicted octanol–water partition coefficient (Wildman–Crippen LogP) is 3.63. The van der Waals surface area contributed by atoms with Gasteiger partial charge in [-0.1, -0.05) is 0 Å². The van der Waals surface area contributed by atoms with E-state index in [1.807, 2.05) is 0 Å². The van der Waals surface area contributed by atoms with Crippen molar-refractivity contribution in [1.82, 2.24) is 0 Å². The van der Waals surface area contributed by atoms with Crippen LogP contribution < -0.4 is 4.74 Å². The summed E-state index contributed by atoms with van der Waals surface area (Å²) in [5.74, 6) is -1.29. The molecule has 1 rings (SSSR count). The smallest absolute Gasteiger partial charge is 0.513 e. The first kappa shape index (κ1) is 16.5. The van der Waals surface area contributed by atoms with Crippen molar-refractivity contribution in [1.29, 1.82) is 0 Å². The van der Waals surface area contributed by atoms with Crippen molar-refractivity contribution < 1.29 is 32.5 Å². The number of esters is 1. The lowest BCUT2D eigenvalue weighted by Crippen LogP contribution is -2.16. The Bertz CT molecular complexity index is 538. The SMILES string of the molecule is CCOC(=O)/C(=C\O)N=Nc1ccc(OC(F)(F)F)cc1. The molecule has 1 aromatic carbocycles. The standard InChI is InChI=1S/C12H11F3N2O4/c1-2-20-11(19)10(7-18)17-16-8-3-5-9(6-4-8)21-12(13,14)15/h3-7,18H,2H2,1H3/b10-7+,17-16?. The Kier molecular flexibility index (Phi) is 5.70. The van der Waals surface area contributed by atoms with Crippen molar-refractivity contribution in [2.45, 2.75) is 13.3 Å². The first-order valence-electron chi connectivity index (χ1n) is 5.64. The number of carbonyl (C=O) groups excluding carboxylic acids is 1. The van der Waals surface area contributed by atoms with Crippen LogP contribution in [-0.2, 0) is 9.53 Å². The molecular weight excluding hydrogens is 293 g/mol. The lowest BCUT2D eigenvalue weighted by molar-refractivity contribution is -0.274. The Balaban J connectivity index is 2.75. The van der Waals surface area contributed by atoms with Gasteiger partial charge in [0.2, 0.25) is 5.70 Å². The number of hydrogen-bond donors (Lipinski definition) is 1. The molecule has 0 aliphatic rings. The molecule has 0 aliphatic carbocycles. The third-order valence-electron chi connectivity index (χ3n) is 1.95. The monoisotopic (exact) mass is 304 g/mol. The van der Waals surface area contributed by atoms with Crippen molar-refractivity contribution in [3.63, 3.8) is 0 Å². The third-order valence-corrected chi connectivity index (χ3v) is 1.95. The van der Waals surface area contributed by atoms with E-state index in [0.29, 0.717) is 6.26 Å². The van der Waals surface area contributed by atoms with Gasteiger partial charge in [-0.25, -0.2) is 4.79 Å². The maximum atomic E-state index is 12.0. The van der Waals surface area contributed by atoms with Gasteiger partial charge in [0.25, 0.3) is 0 Å². The summed E-state index contributed by atoms with van der Waals surface area (Å²) in [5.41, 5.74) is -0.277. The number of halogens is 3. The summed E-state index contributed by atoms with van der Waals surface area (Å²) in [6, 6.07) is 4.47. The van der Waals surface area contributed by atoms with Gasteiger partial charge in [0.05, 0.1) is 12.3 Å². The Morgan fingerprint density at radius 2 is 1.95 bits per heavy atom. The largest absolute Gasteiger partial charge is 0.573 e. The number of carbonyl (C=O) groups is 1. The van der Waals surface area contributed by atoms with Gasteiger partial charge < -0.3 is 14.6 Å². The minimum atomic E-state index is -4.78. The summed E-state index contributed by atoms with van der Waals surface area (Å²) < 4.78 is 44.1. The molecule has 0 fully saturated rings. The van der Waals surface area contributed by atoms with Crippen LogP contribution in [0.4, 0.5) is 18.9 Å². The number of aliphatic hydroxyl groups excluding tert-OH is 1. The minimum Gasteiger partial charge on any atom is -0.513 e. The van der Waals surface area contributed by atoms with Crippen LogP contribution in [0.25, 0.3) is 0 Å². The van der Waals surface area contributed by atoms with E-state index in [1.54, 1.807) is 6.92 Å². The van der Waals surface area contributed by atoms with Crippen molar-refractivity contribution in [3.8, 4) is 5.75 Å². The van der Waals surface area contributed by atoms with Gasteiger partial charge in [-0.05, 0) is 31.2 Å². The summed E-state index contributed by atoms with van der Waals surface area (Å²) in [6.07, 6.45) is -4.36. The molecule has 0 aromatic heterocycles. The van der Waals surface area contributed by atoms with Crippen LogP contribution in [0.15, 0.2) is 46.5 Å². The van der Waals surface area contributed by atoms with E-state index >= 15 is 0 Å². The number of hydrogen-bond acceptors (Lipinski definition) is 6. The van der Waals surface area contributed by atoms with Gasteiger partial charge in [0.15, 0.2) is 0 Å². The fourth-order valence-corrected chi connectivity index (χ4v) is 1.15. The lowest BCUT2D eigenvalue weighted by Gasteiger charge is -2.08. The molecule has 0 spiro atoms. The highest BCUT2D eigenvalue weighted by Crippen LogP contribution is 2.25. The molecule has 114 valence electrons. The second-order valence-electron chi connectivity index (χ2n) is 3.48. The van der Waals surface area contributed by atoms with Gasteiger partial charge in [0.1, 0.15) is 12.0 Å². The van der Waals surface area contributed by atoms with E-state index in [9.17, 15) is 18.0 Å². The number of aliphatic hydroxyl groups is 1. The predicted molar refractivity (Wildman–Crippen MR) is 65.0 cm³/mol. The topological polar surface area (TPSA) is 80.5 Å². The quantitative estimate of drug-likeness (QED) is 0.390. The third kappa shape index (κ3) is 5.93. The van der Waals surface area contributed by atoms with Gasteiger partial charge in [-0.15, -0.1) is 18.3 Å². The molecular formula is C12H11F3N2O4. The van der Waals surface area contributed by atoms with E-state index in [4.69, 9.17) is 5.11 Å². The molecule has 0 bridgehead atoms. The highest BCUT2D eigenvalue weighted by Gasteiger charge is 2.30. The number of alkyl halides is 3. The average Bonchev–Trinajstić information content (AvgIpc) is 2.40. The summed E-state index contributed by atoms with van der Waals surface area (Å²) in [4.78, 5) is 11.3. The van der Waals surface area contributed by atoms with Crippen LogP contribution in [0.3, 0.4) is 0 Å². The number of rotatable bonds is 5. The van der Waals surface area contributed by atoms with E-state index in [1.165, 1.54) is 12.1 Å². The molecule has 0 unspecified atom stereocenters. The highest BCUT2D eigenvalue weighted by atomic mass is 19.4. The summed E-state index contributed by atoms with van der Waals surface area (Å²) in [5, 5.41) is 15.8. The van der Waals surface area contributed by atoms with E-state index in [0.717, 1.165) is 12.1 Å².